The summed E-state index contributed by atoms with van der Waals surface area (Å²) in [5.41, 5.74) is 3.16. The number of carbonyl (C=O) groups is 4. The number of methoxy groups -OCH3 is 2. The van der Waals surface area contributed by atoms with Gasteiger partial charge in [-0.3, -0.25) is 19.3 Å². The van der Waals surface area contributed by atoms with Crippen LogP contribution in [-0.2, 0) is 53.1 Å². The van der Waals surface area contributed by atoms with Gasteiger partial charge in [-0.1, -0.05) is 35.5 Å². The zero-order chi connectivity index (χ0) is 41.2. The Bertz CT molecular complexity index is 2200. The van der Waals surface area contributed by atoms with Crippen LogP contribution in [0.5, 0.6) is 23.0 Å². The number of Topliss-reactive ketones (excluding diaryl/α,β-unsaturated/α-hetero) is 1. The fourth-order valence-corrected chi connectivity index (χ4v) is 8.48. The molecule has 0 bridgehead atoms. The number of ketones is 1. The van der Waals surface area contributed by atoms with Crippen molar-refractivity contribution in [1.29, 1.82) is 0 Å². The highest BCUT2D eigenvalue weighted by molar-refractivity contribution is 8.00. The SMILES string of the molecule is [B]OC(=O)C1=C(CCl)CS[C@@H]2[C@H](CC(=O)/C(=N\OCc3ccc(OCc4ccc(OC)cc4)c(OCc4ccc(OC)cc4)c3[B]OC=O)c3csc(C)n3)C(=O)N12. The molecule has 14 nitrogen and oxygen atoms in total. The van der Waals surface area contributed by atoms with Crippen molar-refractivity contribution in [3.63, 3.8) is 0 Å². The van der Waals surface area contributed by atoms with Gasteiger partial charge in [0.05, 0.1) is 30.5 Å². The van der Waals surface area contributed by atoms with E-state index in [9.17, 15) is 19.2 Å². The Morgan fingerprint density at radius 1 is 1.00 bits per heavy atom. The number of hydrogen-bond donors (Lipinski definition) is 0. The minimum Gasteiger partial charge on any atom is -0.539 e. The van der Waals surface area contributed by atoms with Gasteiger partial charge in [-0.2, -0.15) is 0 Å². The molecule has 6 rings (SSSR count). The topological polar surface area (TPSA) is 161 Å². The van der Waals surface area contributed by atoms with E-state index in [1.165, 1.54) is 35.5 Å². The molecule has 0 spiro atoms. The molecule has 58 heavy (non-hydrogen) atoms. The lowest BCUT2D eigenvalue weighted by Gasteiger charge is -2.49. The average molecular weight is 843 g/mol. The second-order valence-electron chi connectivity index (χ2n) is 12.7. The van der Waals surface area contributed by atoms with Crippen molar-refractivity contribution in [1.82, 2.24) is 9.88 Å². The van der Waals surface area contributed by atoms with Crippen molar-refractivity contribution in [2.24, 2.45) is 11.1 Å². The summed E-state index contributed by atoms with van der Waals surface area (Å²) in [6.07, 6.45) is -0.233. The summed E-state index contributed by atoms with van der Waals surface area (Å²) in [5.74, 6) is -0.249. The fourth-order valence-electron chi connectivity index (χ4n) is 6.13. The maximum absolute atomic E-state index is 13.9. The number of β-lactam (4-membered cyclic amide) rings is 1. The molecular weight excluding hydrogens is 808 g/mol. The summed E-state index contributed by atoms with van der Waals surface area (Å²) in [4.78, 5) is 62.7. The van der Waals surface area contributed by atoms with E-state index >= 15 is 0 Å². The van der Waals surface area contributed by atoms with Crippen LogP contribution in [0.2, 0.25) is 0 Å². The largest absolute Gasteiger partial charge is 0.539 e. The van der Waals surface area contributed by atoms with Crippen molar-refractivity contribution >= 4 is 85.5 Å². The number of fused-ring (bicyclic) bond motifs is 1. The number of ether oxygens (including phenoxy) is 4. The number of alkyl halides is 1. The van der Waals surface area contributed by atoms with Crippen LogP contribution in [0.25, 0.3) is 0 Å². The molecule has 19 heteroatoms. The van der Waals surface area contributed by atoms with E-state index in [0.29, 0.717) is 44.6 Å². The minimum absolute atomic E-state index is 0.00188. The van der Waals surface area contributed by atoms with Crippen LogP contribution in [0.1, 0.15) is 33.8 Å². The summed E-state index contributed by atoms with van der Waals surface area (Å²) in [5, 5.41) is 6.07. The van der Waals surface area contributed by atoms with Crippen molar-refractivity contribution in [3.8, 4) is 23.0 Å². The molecule has 0 aliphatic carbocycles. The van der Waals surface area contributed by atoms with E-state index in [1.54, 1.807) is 38.7 Å². The van der Waals surface area contributed by atoms with Gasteiger partial charge in [0.1, 0.15) is 42.7 Å². The van der Waals surface area contributed by atoms with Gasteiger partial charge >= 0.3 is 21.5 Å². The van der Waals surface area contributed by atoms with Gasteiger partial charge in [-0.25, -0.2) is 9.78 Å². The van der Waals surface area contributed by atoms with Crippen molar-refractivity contribution in [2.75, 3.05) is 25.9 Å². The van der Waals surface area contributed by atoms with Crippen LogP contribution in [0.3, 0.4) is 0 Å². The predicted octanol–water partition coefficient (Wildman–Crippen LogP) is 4.58. The van der Waals surface area contributed by atoms with Crippen LogP contribution in [0, 0.1) is 12.8 Å². The third kappa shape index (κ3) is 9.63. The van der Waals surface area contributed by atoms with Gasteiger partial charge in [-0.05, 0) is 59.5 Å². The van der Waals surface area contributed by atoms with Gasteiger partial charge in [0, 0.05) is 28.9 Å². The number of rotatable bonds is 20. The number of oxime groups is 1. The summed E-state index contributed by atoms with van der Waals surface area (Å²) < 4.78 is 32.6. The molecule has 1 aromatic heterocycles. The smallest absolute Gasteiger partial charge is 0.416 e. The molecule has 2 atom stereocenters. The average Bonchev–Trinajstić information content (AvgIpc) is 3.69. The van der Waals surface area contributed by atoms with Crippen LogP contribution in [0.15, 0.2) is 82.5 Å². The number of thioether (sulfide) groups is 1. The van der Waals surface area contributed by atoms with Crippen molar-refractivity contribution < 1.29 is 52.3 Å². The van der Waals surface area contributed by atoms with Gasteiger partial charge < -0.3 is 33.1 Å². The Morgan fingerprint density at radius 2 is 1.67 bits per heavy atom. The second kappa shape index (κ2) is 19.8. The highest BCUT2D eigenvalue weighted by Gasteiger charge is 2.54. The van der Waals surface area contributed by atoms with E-state index in [-0.39, 0.29) is 61.4 Å². The zero-order valence-electron chi connectivity index (χ0n) is 31.5. The summed E-state index contributed by atoms with van der Waals surface area (Å²) >= 11 is 8.73. The standard InChI is InChI=1S/C39H35B2ClN3O11S2/c1-22-43-30(20-57-22)34(31(47)14-29-37(48)45-35(39(49)56-40)26(15-42)19-58-38(29)45)44-55-18-25-8-13-32(52-16-23-4-9-27(50-2)10-5-23)36(33(25)41-54-21-46)53-17-24-6-11-28(51-3)12-7-24/h4-13,20-21,29,38H,14-19H2,1-3H3/b44-34-/t29-,38-/m1/s1. The Balaban J connectivity index is 1.25. The lowest BCUT2D eigenvalue weighted by Crippen LogP contribution is -2.62. The molecular formula is C39H35B2ClN3O11S2. The lowest BCUT2D eigenvalue weighted by atomic mass is 9.82. The number of thiazole rings is 1. The molecule has 2 aliphatic heterocycles. The third-order valence-corrected chi connectivity index (χ3v) is 11.6. The van der Waals surface area contributed by atoms with E-state index in [4.69, 9.17) is 48.1 Å². The summed E-state index contributed by atoms with van der Waals surface area (Å²) in [6.45, 7) is 2.13. The predicted molar refractivity (Wildman–Crippen MR) is 218 cm³/mol. The molecule has 3 radical (unpaired) electrons. The molecule has 297 valence electrons. The van der Waals surface area contributed by atoms with Crippen molar-refractivity contribution in [2.45, 2.75) is 38.5 Å². The molecule has 1 amide bonds. The van der Waals surface area contributed by atoms with E-state index in [2.05, 4.69) is 14.8 Å². The Labute approximate surface area is 349 Å². The normalized spacial score (nSPS) is 16.1. The molecule has 3 aromatic carbocycles. The number of hydrogen-bond acceptors (Lipinski definition) is 15. The fraction of sp³-hybridized carbons (Fsp3) is 0.282. The quantitative estimate of drug-likeness (QED) is 0.0304. The molecule has 2 aliphatic rings. The van der Waals surface area contributed by atoms with Gasteiger partial charge in [-0.15, -0.1) is 34.7 Å². The summed E-state index contributed by atoms with van der Waals surface area (Å²) in [7, 11) is 9.52. The molecule has 0 unspecified atom stereocenters. The number of halogens is 1. The third-order valence-electron chi connectivity index (χ3n) is 9.11. The highest BCUT2D eigenvalue weighted by Crippen LogP contribution is 2.45. The highest BCUT2D eigenvalue weighted by atomic mass is 35.5. The number of carbonyl (C=O) groups excluding carboxylic acids is 4. The maximum atomic E-state index is 13.9. The first-order valence-corrected chi connectivity index (χ1v) is 20.0. The first-order valence-electron chi connectivity index (χ1n) is 17.6. The molecule has 0 N–H and O–H groups in total. The number of aromatic nitrogens is 1. The number of aryl methyl sites for hydroxylation is 1. The first-order chi connectivity index (χ1) is 28.2. The molecule has 1 fully saturated rings. The van der Waals surface area contributed by atoms with E-state index in [0.717, 1.165) is 11.1 Å². The Kier molecular flexibility index (Phi) is 14.4. The molecule has 4 aromatic rings. The van der Waals surface area contributed by atoms with Crippen LogP contribution in [0.4, 0.5) is 0 Å². The van der Waals surface area contributed by atoms with Crippen LogP contribution < -0.4 is 24.4 Å². The minimum atomic E-state index is -0.881. The molecule has 3 heterocycles. The lowest BCUT2D eigenvalue weighted by molar-refractivity contribution is -0.152. The number of benzene rings is 3. The van der Waals surface area contributed by atoms with Crippen LogP contribution >= 0.6 is 34.7 Å². The van der Waals surface area contributed by atoms with E-state index < -0.39 is 29.0 Å². The maximum Gasteiger partial charge on any atom is 0.416 e. The van der Waals surface area contributed by atoms with Gasteiger partial charge in [0.2, 0.25) is 5.91 Å². The van der Waals surface area contributed by atoms with Crippen molar-refractivity contribution in [3.05, 3.63) is 105 Å². The van der Waals surface area contributed by atoms with E-state index in [1.807, 2.05) is 48.5 Å². The Morgan fingerprint density at radius 3 is 2.26 bits per heavy atom. The van der Waals surface area contributed by atoms with Crippen LogP contribution in [-0.4, -0.2) is 86.5 Å². The second-order valence-corrected chi connectivity index (χ2v) is 15.1. The zero-order valence-corrected chi connectivity index (χ0v) is 33.9. The van der Waals surface area contributed by atoms with Gasteiger partial charge in [0.15, 0.2) is 23.0 Å². The number of nitrogens with zero attached hydrogens (tertiary/aromatic N) is 3. The summed E-state index contributed by atoms with van der Waals surface area (Å²) in [6, 6.07) is 18.1. The first kappa shape index (κ1) is 42.2. The molecule has 0 saturated carbocycles. The molecule has 1 saturated heterocycles. The number of amides is 1. The monoisotopic (exact) mass is 842 g/mol. The van der Waals surface area contributed by atoms with Gasteiger partial charge in [0.25, 0.3) is 6.47 Å². The Hall–Kier alpha value is -5.45.